The molecule has 4 nitrogen and oxygen atoms in total. The number of anilines is 1. The van der Waals surface area contributed by atoms with Crippen LogP contribution in [0.5, 0.6) is 5.75 Å². The van der Waals surface area contributed by atoms with Gasteiger partial charge in [0.25, 0.3) is 5.91 Å². The van der Waals surface area contributed by atoms with Crippen molar-refractivity contribution in [1.82, 2.24) is 0 Å². The second kappa shape index (κ2) is 10.6. The fraction of sp³-hybridized carbons (Fsp3) is 0.0833. The van der Waals surface area contributed by atoms with Crippen molar-refractivity contribution in [3.05, 3.63) is 96.9 Å². The molecule has 3 aromatic rings. The lowest BCUT2D eigenvalue weighted by Gasteiger charge is -2.12. The summed E-state index contributed by atoms with van der Waals surface area (Å²) in [5, 5.41) is 12.5. The van der Waals surface area contributed by atoms with Crippen LogP contribution in [0.15, 0.2) is 75.2 Å². The molecule has 0 atom stereocenters. The topological polar surface area (TPSA) is 62.1 Å². The zero-order valence-electron chi connectivity index (χ0n) is 16.5. The molecule has 0 aromatic heterocycles. The molecule has 1 N–H and O–H groups in total. The highest BCUT2D eigenvalue weighted by molar-refractivity contribution is 9.10. The van der Waals surface area contributed by atoms with Crippen LogP contribution in [0.25, 0.3) is 6.08 Å². The maximum Gasteiger partial charge on any atom is 0.266 e. The lowest BCUT2D eigenvalue weighted by atomic mass is 10.1. The number of carbonyl (C=O) groups is 1. The van der Waals surface area contributed by atoms with Gasteiger partial charge in [-0.05, 0) is 76.5 Å². The lowest BCUT2D eigenvalue weighted by Crippen LogP contribution is -2.13. The van der Waals surface area contributed by atoms with Crippen LogP contribution in [-0.2, 0) is 11.4 Å². The Balaban J connectivity index is 1.76. The number of hydrogen-bond donors (Lipinski definition) is 1. The number of nitriles is 1. The minimum absolute atomic E-state index is 0.0424. The van der Waals surface area contributed by atoms with Gasteiger partial charge in [-0.3, -0.25) is 4.79 Å². The maximum absolute atomic E-state index is 12.5. The molecule has 0 aliphatic rings. The molecule has 0 radical (unpaired) electrons. The second-order valence-electron chi connectivity index (χ2n) is 6.72. The van der Waals surface area contributed by atoms with Gasteiger partial charge in [0.05, 0.1) is 9.50 Å². The first-order valence-electron chi connectivity index (χ1n) is 9.22. The van der Waals surface area contributed by atoms with Gasteiger partial charge in [0.15, 0.2) is 5.75 Å². The molecule has 156 valence electrons. The van der Waals surface area contributed by atoms with Crippen LogP contribution in [0.3, 0.4) is 0 Å². The van der Waals surface area contributed by atoms with E-state index in [1.165, 1.54) is 11.6 Å². The van der Waals surface area contributed by atoms with E-state index in [1.807, 2.05) is 37.3 Å². The van der Waals surface area contributed by atoms with E-state index >= 15 is 0 Å². The van der Waals surface area contributed by atoms with Crippen LogP contribution in [0.1, 0.15) is 16.7 Å². The number of halogens is 3. The number of nitrogens with one attached hydrogen (secondary N) is 1. The van der Waals surface area contributed by atoms with Gasteiger partial charge in [-0.1, -0.05) is 57.4 Å². The molecule has 0 saturated carbocycles. The zero-order chi connectivity index (χ0) is 22.4. The van der Waals surface area contributed by atoms with E-state index in [0.717, 1.165) is 10.0 Å². The second-order valence-corrected chi connectivity index (χ2v) is 8.90. The molecule has 0 unspecified atom stereocenters. The van der Waals surface area contributed by atoms with Crippen LogP contribution in [-0.4, -0.2) is 5.91 Å². The van der Waals surface area contributed by atoms with E-state index in [-0.39, 0.29) is 5.57 Å². The third-order valence-electron chi connectivity index (χ3n) is 4.30. The Labute approximate surface area is 202 Å². The summed E-state index contributed by atoms with van der Waals surface area (Å²) < 4.78 is 7.39. The van der Waals surface area contributed by atoms with Gasteiger partial charge in [-0.15, -0.1) is 0 Å². The van der Waals surface area contributed by atoms with Gasteiger partial charge < -0.3 is 10.1 Å². The number of benzene rings is 3. The molecule has 0 spiro atoms. The quantitative estimate of drug-likeness (QED) is 0.254. The van der Waals surface area contributed by atoms with E-state index in [1.54, 1.807) is 36.4 Å². The van der Waals surface area contributed by atoms with Crippen molar-refractivity contribution in [2.45, 2.75) is 13.5 Å². The Bertz CT molecular complexity index is 1140. The number of aryl methyl sites for hydroxylation is 1. The van der Waals surface area contributed by atoms with Crippen LogP contribution in [0, 0.1) is 18.3 Å². The van der Waals surface area contributed by atoms with Crippen molar-refractivity contribution in [3.8, 4) is 11.8 Å². The number of amides is 1. The highest BCUT2D eigenvalue weighted by Crippen LogP contribution is 2.35. The molecule has 0 aliphatic carbocycles. The van der Waals surface area contributed by atoms with E-state index in [9.17, 15) is 10.1 Å². The summed E-state index contributed by atoms with van der Waals surface area (Å²) in [6.45, 7) is 2.39. The zero-order valence-corrected chi connectivity index (χ0v) is 20.4. The third-order valence-corrected chi connectivity index (χ3v) is 5.70. The van der Waals surface area contributed by atoms with Gasteiger partial charge >= 0.3 is 0 Å². The van der Waals surface area contributed by atoms with E-state index in [4.69, 9.17) is 16.3 Å². The summed E-state index contributed by atoms with van der Waals surface area (Å²) in [6.07, 6.45) is 1.48. The Hall–Kier alpha value is -2.59. The Kier molecular flexibility index (Phi) is 7.91. The van der Waals surface area contributed by atoms with Gasteiger partial charge in [-0.25, -0.2) is 0 Å². The molecule has 0 fully saturated rings. The average Bonchev–Trinajstić information content (AvgIpc) is 2.74. The van der Waals surface area contributed by atoms with E-state index < -0.39 is 5.91 Å². The van der Waals surface area contributed by atoms with Crippen LogP contribution >= 0.6 is 43.5 Å². The largest absolute Gasteiger partial charge is 0.486 e. The molecule has 3 rings (SSSR count). The number of rotatable bonds is 6. The van der Waals surface area contributed by atoms with Crippen molar-refractivity contribution in [2.75, 3.05) is 5.32 Å². The van der Waals surface area contributed by atoms with Gasteiger partial charge in [0.1, 0.15) is 18.2 Å². The molecular formula is C24H17Br2ClN2O2. The summed E-state index contributed by atoms with van der Waals surface area (Å²) in [4.78, 5) is 12.5. The SMILES string of the molecule is Cc1ccc(COc2c(Cl)cc(/C=C(/C#N)C(=O)Nc3ccc(Br)cc3)cc2Br)cc1. The monoisotopic (exact) mass is 558 g/mol. The standard InChI is InChI=1S/C24H17Br2ClN2O2/c1-15-2-4-16(5-3-15)14-31-23-21(26)11-17(12-22(23)27)10-18(13-28)24(30)29-20-8-6-19(25)7-9-20/h2-12H,14H2,1H3,(H,29,30)/b18-10-. The molecule has 0 saturated heterocycles. The Morgan fingerprint density at radius 3 is 2.42 bits per heavy atom. The van der Waals surface area contributed by atoms with Gasteiger partial charge in [0.2, 0.25) is 0 Å². The average molecular weight is 561 g/mol. The first-order chi connectivity index (χ1) is 14.9. The van der Waals surface area contributed by atoms with Crippen molar-refractivity contribution < 1.29 is 9.53 Å². The fourth-order valence-corrected chi connectivity index (χ4v) is 3.94. The van der Waals surface area contributed by atoms with Crippen molar-refractivity contribution >= 4 is 61.1 Å². The fourth-order valence-electron chi connectivity index (χ4n) is 2.69. The van der Waals surface area contributed by atoms with Gasteiger partial charge in [-0.2, -0.15) is 5.26 Å². The number of hydrogen-bond acceptors (Lipinski definition) is 3. The summed E-state index contributed by atoms with van der Waals surface area (Å²) in [6, 6.07) is 20.5. The van der Waals surface area contributed by atoms with Crippen molar-refractivity contribution in [3.63, 3.8) is 0 Å². The minimum Gasteiger partial charge on any atom is -0.486 e. The number of ether oxygens (including phenoxy) is 1. The Morgan fingerprint density at radius 1 is 1.13 bits per heavy atom. The molecule has 7 heteroatoms. The van der Waals surface area contributed by atoms with Crippen LogP contribution in [0.4, 0.5) is 5.69 Å². The predicted molar refractivity (Wildman–Crippen MR) is 131 cm³/mol. The first kappa shape index (κ1) is 23.1. The first-order valence-corrected chi connectivity index (χ1v) is 11.2. The smallest absolute Gasteiger partial charge is 0.266 e. The summed E-state index contributed by atoms with van der Waals surface area (Å²) in [7, 11) is 0. The van der Waals surface area contributed by atoms with Crippen molar-refractivity contribution in [2.24, 2.45) is 0 Å². The normalized spacial score (nSPS) is 11.0. The highest BCUT2D eigenvalue weighted by Gasteiger charge is 2.13. The van der Waals surface area contributed by atoms with Gasteiger partial charge in [0, 0.05) is 10.2 Å². The van der Waals surface area contributed by atoms with Crippen LogP contribution < -0.4 is 10.1 Å². The molecule has 31 heavy (non-hydrogen) atoms. The minimum atomic E-state index is -0.503. The van der Waals surface area contributed by atoms with Crippen molar-refractivity contribution in [1.29, 1.82) is 5.26 Å². The number of nitrogens with zero attached hydrogens (tertiary/aromatic N) is 1. The Morgan fingerprint density at radius 2 is 1.81 bits per heavy atom. The molecule has 3 aromatic carbocycles. The molecule has 0 heterocycles. The van der Waals surface area contributed by atoms with E-state index in [2.05, 4.69) is 37.2 Å². The molecular weight excluding hydrogens is 544 g/mol. The number of carbonyl (C=O) groups excluding carboxylic acids is 1. The van der Waals surface area contributed by atoms with Crippen LogP contribution in [0.2, 0.25) is 5.02 Å². The van der Waals surface area contributed by atoms with E-state index in [0.29, 0.717) is 33.1 Å². The maximum atomic E-state index is 12.5. The predicted octanol–water partition coefficient (Wildman–Crippen LogP) is 7.30. The highest BCUT2D eigenvalue weighted by atomic mass is 79.9. The third kappa shape index (κ3) is 6.44. The lowest BCUT2D eigenvalue weighted by molar-refractivity contribution is -0.112. The summed E-state index contributed by atoms with van der Waals surface area (Å²) in [5.74, 6) is -0.00558. The summed E-state index contributed by atoms with van der Waals surface area (Å²) in [5.41, 5.74) is 3.35. The molecule has 0 aliphatic heterocycles. The molecule has 1 amide bonds. The molecule has 0 bridgehead atoms. The summed E-state index contributed by atoms with van der Waals surface area (Å²) >= 11 is 13.2.